The van der Waals surface area contributed by atoms with Gasteiger partial charge in [0.05, 0.1) is 8.07 Å². The van der Waals surface area contributed by atoms with E-state index in [1.54, 1.807) is 27.9 Å². The second kappa shape index (κ2) is 9.13. The molecule has 32 heavy (non-hydrogen) atoms. The molecule has 0 fully saturated rings. The van der Waals surface area contributed by atoms with Gasteiger partial charge in [-0.05, 0) is 61.6 Å². The Bertz CT molecular complexity index is 958. The third-order valence-corrected chi connectivity index (χ3v) is 13.0. The van der Waals surface area contributed by atoms with E-state index in [1.165, 1.54) is 22.3 Å². The minimum atomic E-state index is -1.73. The molecule has 0 saturated carbocycles. The number of hydrogen-bond acceptors (Lipinski definition) is 0. The predicted molar refractivity (Wildman–Crippen MR) is 141 cm³/mol. The fraction of sp³-hybridized carbons (Fsp3) is 0.600. The van der Waals surface area contributed by atoms with Crippen molar-refractivity contribution in [3.63, 3.8) is 0 Å². The van der Waals surface area contributed by atoms with Crippen LogP contribution in [-0.4, -0.2) is 8.07 Å². The molecule has 3 aliphatic rings. The Labute approximate surface area is 212 Å². The zero-order chi connectivity index (χ0) is 23.6. The molecule has 0 radical (unpaired) electrons. The molecule has 0 spiro atoms. The van der Waals surface area contributed by atoms with Crippen LogP contribution in [0.5, 0.6) is 0 Å². The molecule has 2 heteroatoms. The minimum absolute atomic E-state index is 0. The quantitative estimate of drug-likeness (QED) is 0.352. The van der Waals surface area contributed by atoms with E-state index in [2.05, 4.69) is 107 Å². The Kier molecular flexibility index (Phi) is 7.85. The summed E-state index contributed by atoms with van der Waals surface area (Å²) in [5, 5.41) is 0. The number of allylic oxidation sites excluding steroid dienone is 12. The fourth-order valence-electron chi connectivity index (χ4n) is 6.78. The second-order valence-electron chi connectivity index (χ2n) is 12.4. The van der Waals surface area contributed by atoms with E-state index in [4.69, 9.17) is 0 Å². The zero-order valence-electron chi connectivity index (χ0n) is 23.5. The maximum atomic E-state index is 4.14. The monoisotopic (exact) mass is 440 g/mol. The Morgan fingerprint density at radius 2 is 1.34 bits per heavy atom. The van der Waals surface area contributed by atoms with E-state index in [-0.39, 0.29) is 24.3 Å². The second-order valence-corrected chi connectivity index (χ2v) is 17.2. The van der Waals surface area contributed by atoms with E-state index in [9.17, 15) is 0 Å². The molecule has 170 valence electrons. The third-order valence-electron chi connectivity index (χ3n) is 8.59. The summed E-state index contributed by atoms with van der Waals surface area (Å²) in [4.78, 5) is 0. The van der Waals surface area contributed by atoms with E-state index in [1.807, 2.05) is 0 Å². The molecular formula is C30H45LiSi. The van der Waals surface area contributed by atoms with Gasteiger partial charge in [-0.15, -0.1) is 17.2 Å². The number of hydrogen-bond donors (Lipinski definition) is 0. The average Bonchev–Trinajstić information content (AvgIpc) is 3.00. The summed E-state index contributed by atoms with van der Waals surface area (Å²) in [5.41, 5.74) is 15.2. The van der Waals surface area contributed by atoms with Crippen LogP contribution in [0.2, 0.25) is 24.2 Å². The van der Waals surface area contributed by atoms with Crippen LogP contribution in [0.4, 0.5) is 0 Å². The van der Waals surface area contributed by atoms with E-state index < -0.39 is 8.07 Å². The molecule has 0 aromatic rings. The van der Waals surface area contributed by atoms with Crippen LogP contribution in [0.25, 0.3) is 0 Å². The van der Waals surface area contributed by atoms with Crippen molar-refractivity contribution in [3.05, 3.63) is 68.4 Å². The molecule has 0 heterocycles. The first-order chi connectivity index (χ1) is 14.1. The molecule has 0 aromatic heterocycles. The van der Waals surface area contributed by atoms with Crippen molar-refractivity contribution < 1.29 is 18.9 Å². The Hall–Kier alpha value is -0.746. The largest absolute Gasteiger partial charge is 1.00 e. The molecule has 2 atom stereocenters. The summed E-state index contributed by atoms with van der Waals surface area (Å²) < 4.78 is 0. The number of fused-ring (bicyclic) bond motifs is 1. The van der Waals surface area contributed by atoms with Gasteiger partial charge in [0.25, 0.3) is 0 Å². The first-order valence-electron chi connectivity index (χ1n) is 12.2. The molecule has 3 aliphatic carbocycles. The first-order valence-corrected chi connectivity index (χ1v) is 15.4. The topological polar surface area (TPSA) is 0 Å². The van der Waals surface area contributed by atoms with Gasteiger partial charge in [0, 0.05) is 0 Å². The zero-order valence-corrected chi connectivity index (χ0v) is 24.5. The Morgan fingerprint density at radius 3 is 1.78 bits per heavy atom. The van der Waals surface area contributed by atoms with Crippen molar-refractivity contribution in [2.45, 2.75) is 100 Å². The molecule has 0 aromatic carbocycles. The normalized spacial score (nSPS) is 25.1. The van der Waals surface area contributed by atoms with Crippen molar-refractivity contribution in [3.8, 4) is 0 Å². The maximum absolute atomic E-state index is 4.14. The van der Waals surface area contributed by atoms with Gasteiger partial charge < -0.3 is 0 Å². The number of rotatable bonds is 3. The van der Waals surface area contributed by atoms with Crippen molar-refractivity contribution in [1.29, 1.82) is 0 Å². The van der Waals surface area contributed by atoms with Gasteiger partial charge in [0.2, 0.25) is 0 Å². The molecule has 0 aliphatic heterocycles. The smallest absolute Gasteiger partial charge is 0.197 e. The van der Waals surface area contributed by atoms with Crippen LogP contribution < -0.4 is 18.9 Å². The van der Waals surface area contributed by atoms with Gasteiger partial charge in [-0.2, -0.15) is 17.2 Å². The Balaban J connectivity index is 0.00000363. The maximum Gasteiger partial charge on any atom is 1.00 e. The van der Waals surface area contributed by atoms with E-state index >= 15 is 0 Å². The van der Waals surface area contributed by atoms with Gasteiger partial charge in [0.15, 0.2) is 0 Å². The van der Waals surface area contributed by atoms with Crippen molar-refractivity contribution >= 4 is 8.07 Å². The average molecular weight is 441 g/mol. The van der Waals surface area contributed by atoms with Gasteiger partial charge >= 0.3 is 18.9 Å². The summed E-state index contributed by atoms with van der Waals surface area (Å²) >= 11 is 0. The standard InChI is InChI=1S/C30H45Si.Li/c1-17(2)24-15-14-18(3)25-16-26(23(8)27(25)28(24)30(9,10)11)31(12,13)29-21(6)19(4)20(5)22(29)7;/h14-15,17,26,28-29H,1-13H3;/q-1;+1. The van der Waals surface area contributed by atoms with Gasteiger partial charge in [-0.1, -0.05) is 89.9 Å². The van der Waals surface area contributed by atoms with Crippen LogP contribution in [0.15, 0.2) is 62.3 Å². The minimum Gasteiger partial charge on any atom is -0.197 e. The van der Waals surface area contributed by atoms with Gasteiger partial charge in [-0.3, -0.25) is 0 Å². The van der Waals surface area contributed by atoms with Crippen LogP contribution in [0.1, 0.15) is 76.2 Å². The summed E-state index contributed by atoms with van der Waals surface area (Å²) in [6.45, 7) is 31.4. The molecule has 3 rings (SSSR count). The van der Waals surface area contributed by atoms with Crippen LogP contribution in [-0.2, 0) is 0 Å². The molecule has 2 unspecified atom stereocenters. The summed E-state index contributed by atoms with van der Waals surface area (Å²) in [7, 11) is -1.73. The van der Waals surface area contributed by atoms with Crippen molar-refractivity contribution in [2.75, 3.05) is 0 Å². The molecule has 0 saturated heterocycles. The molecule has 0 nitrogen and oxygen atoms in total. The van der Waals surface area contributed by atoms with E-state index in [0.29, 0.717) is 22.9 Å². The Morgan fingerprint density at radius 1 is 0.844 bits per heavy atom. The summed E-state index contributed by atoms with van der Waals surface area (Å²) in [6, 6.07) is 0. The molecular weight excluding hydrogens is 395 g/mol. The SMILES string of the molecule is CC1=CC=C(C(C)C)C(C(C)(C)C)C2=C(C)C([Si](C)(C)C3C(C)=C(C)C(C)=C3C)[C-]=C12.[Li+]. The van der Waals surface area contributed by atoms with Crippen molar-refractivity contribution in [2.24, 2.45) is 17.3 Å². The molecule has 0 N–H and O–H groups in total. The summed E-state index contributed by atoms with van der Waals surface area (Å²) in [5.74, 6) is 1.01. The third kappa shape index (κ3) is 4.24. The van der Waals surface area contributed by atoms with Gasteiger partial charge in [-0.25, -0.2) is 0 Å². The first kappa shape index (κ1) is 27.5. The van der Waals surface area contributed by atoms with Crippen LogP contribution in [0.3, 0.4) is 0 Å². The van der Waals surface area contributed by atoms with Crippen LogP contribution in [0, 0.1) is 23.3 Å². The van der Waals surface area contributed by atoms with Crippen molar-refractivity contribution in [1.82, 2.24) is 0 Å². The predicted octanol–water partition coefficient (Wildman–Crippen LogP) is 6.39. The molecule has 0 amide bonds. The van der Waals surface area contributed by atoms with E-state index in [0.717, 1.165) is 0 Å². The van der Waals surface area contributed by atoms with Gasteiger partial charge in [0.1, 0.15) is 0 Å². The molecule has 0 bridgehead atoms. The summed E-state index contributed by atoms with van der Waals surface area (Å²) in [6.07, 6.45) is 8.93. The van der Waals surface area contributed by atoms with Crippen LogP contribution >= 0.6 is 0 Å². The fourth-order valence-corrected chi connectivity index (χ4v) is 11.6.